The standard InChI is InChI=1S/C15H19N3O2/c1-20-8-7-18-15(19)11-16-10-12-4-5-14-13(9-12)3-2-6-17-14/h2-6,9,16H,7-8,10-11H2,1H3,(H,18,19). The summed E-state index contributed by atoms with van der Waals surface area (Å²) >= 11 is 0. The van der Waals surface area contributed by atoms with Crippen LogP contribution in [-0.2, 0) is 16.1 Å². The fourth-order valence-corrected chi connectivity index (χ4v) is 1.91. The molecular weight excluding hydrogens is 254 g/mol. The minimum Gasteiger partial charge on any atom is -0.383 e. The molecule has 1 heterocycles. The zero-order valence-electron chi connectivity index (χ0n) is 11.6. The van der Waals surface area contributed by atoms with Gasteiger partial charge in [-0.25, -0.2) is 0 Å². The van der Waals surface area contributed by atoms with Crippen molar-refractivity contribution < 1.29 is 9.53 Å². The number of fused-ring (bicyclic) bond motifs is 1. The van der Waals surface area contributed by atoms with Crippen LogP contribution >= 0.6 is 0 Å². The average molecular weight is 273 g/mol. The molecule has 5 heteroatoms. The third-order valence-electron chi connectivity index (χ3n) is 2.91. The summed E-state index contributed by atoms with van der Waals surface area (Å²) in [6.07, 6.45) is 1.78. The molecule has 2 rings (SSSR count). The summed E-state index contributed by atoms with van der Waals surface area (Å²) in [7, 11) is 1.61. The Hall–Kier alpha value is -1.98. The monoisotopic (exact) mass is 273 g/mol. The Balaban J connectivity index is 1.79. The van der Waals surface area contributed by atoms with E-state index >= 15 is 0 Å². The van der Waals surface area contributed by atoms with Crippen molar-refractivity contribution in [2.24, 2.45) is 0 Å². The molecule has 20 heavy (non-hydrogen) atoms. The van der Waals surface area contributed by atoms with Crippen molar-refractivity contribution in [2.45, 2.75) is 6.54 Å². The first-order valence-electron chi connectivity index (χ1n) is 6.59. The van der Waals surface area contributed by atoms with Gasteiger partial charge in [0.05, 0.1) is 18.7 Å². The third kappa shape index (κ3) is 4.29. The van der Waals surface area contributed by atoms with Crippen LogP contribution in [0.1, 0.15) is 5.56 Å². The number of benzene rings is 1. The number of ether oxygens (including phenoxy) is 1. The van der Waals surface area contributed by atoms with Crippen molar-refractivity contribution in [1.82, 2.24) is 15.6 Å². The number of nitrogens with zero attached hydrogens (tertiary/aromatic N) is 1. The molecule has 0 aliphatic carbocycles. The lowest BCUT2D eigenvalue weighted by molar-refractivity contribution is -0.120. The topological polar surface area (TPSA) is 63.2 Å². The van der Waals surface area contributed by atoms with Gasteiger partial charge < -0.3 is 15.4 Å². The van der Waals surface area contributed by atoms with Crippen LogP contribution in [0.5, 0.6) is 0 Å². The smallest absolute Gasteiger partial charge is 0.234 e. The molecule has 0 saturated heterocycles. The van der Waals surface area contributed by atoms with E-state index in [1.807, 2.05) is 24.3 Å². The van der Waals surface area contributed by atoms with Gasteiger partial charge >= 0.3 is 0 Å². The fraction of sp³-hybridized carbons (Fsp3) is 0.333. The summed E-state index contributed by atoms with van der Waals surface area (Å²) in [6.45, 7) is 2.03. The van der Waals surface area contributed by atoms with Crippen LogP contribution in [0, 0.1) is 0 Å². The molecule has 0 atom stereocenters. The Morgan fingerprint density at radius 2 is 2.25 bits per heavy atom. The molecule has 2 N–H and O–H groups in total. The molecule has 0 fully saturated rings. The van der Waals surface area contributed by atoms with Crippen molar-refractivity contribution in [3.63, 3.8) is 0 Å². The predicted molar refractivity (Wildman–Crippen MR) is 78.3 cm³/mol. The zero-order chi connectivity index (χ0) is 14.2. The van der Waals surface area contributed by atoms with Gasteiger partial charge in [0.15, 0.2) is 0 Å². The zero-order valence-corrected chi connectivity index (χ0v) is 11.6. The van der Waals surface area contributed by atoms with E-state index < -0.39 is 0 Å². The highest BCUT2D eigenvalue weighted by Crippen LogP contribution is 2.12. The van der Waals surface area contributed by atoms with Gasteiger partial charge in [-0.3, -0.25) is 9.78 Å². The maximum absolute atomic E-state index is 11.5. The number of methoxy groups -OCH3 is 1. The van der Waals surface area contributed by atoms with Gasteiger partial charge in [-0.1, -0.05) is 12.1 Å². The normalized spacial score (nSPS) is 10.7. The van der Waals surface area contributed by atoms with Gasteiger partial charge in [0, 0.05) is 31.8 Å². The number of amides is 1. The maximum Gasteiger partial charge on any atom is 0.234 e. The Morgan fingerprint density at radius 3 is 3.10 bits per heavy atom. The molecule has 0 spiro atoms. The lowest BCUT2D eigenvalue weighted by Gasteiger charge is -2.07. The van der Waals surface area contributed by atoms with Crippen molar-refractivity contribution in [3.05, 3.63) is 42.1 Å². The molecule has 0 radical (unpaired) electrons. The Morgan fingerprint density at radius 1 is 1.35 bits per heavy atom. The van der Waals surface area contributed by atoms with Crippen LogP contribution in [0.25, 0.3) is 10.9 Å². The molecular formula is C15H19N3O2. The van der Waals surface area contributed by atoms with Crippen LogP contribution in [-0.4, -0.2) is 37.7 Å². The van der Waals surface area contributed by atoms with Gasteiger partial charge in [0.1, 0.15) is 0 Å². The van der Waals surface area contributed by atoms with Crippen molar-refractivity contribution in [3.8, 4) is 0 Å². The van der Waals surface area contributed by atoms with E-state index in [1.165, 1.54) is 0 Å². The summed E-state index contributed by atoms with van der Waals surface area (Å²) in [5, 5.41) is 6.99. The van der Waals surface area contributed by atoms with Crippen LogP contribution in [0.15, 0.2) is 36.5 Å². The summed E-state index contributed by atoms with van der Waals surface area (Å²) in [6, 6.07) is 10.0. The van der Waals surface area contributed by atoms with E-state index in [0.717, 1.165) is 16.5 Å². The van der Waals surface area contributed by atoms with E-state index in [1.54, 1.807) is 13.3 Å². The first kappa shape index (κ1) is 14.4. The number of aromatic nitrogens is 1. The predicted octanol–water partition coefficient (Wildman–Crippen LogP) is 1.09. The maximum atomic E-state index is 11.5. The molecule has 5 nitrogen and oxygen atoms in total. The lowest BCUT2D eigenvalue weighted by Crippen LogP contribution is -2.35. The molecule has 0 unspecified atom stereocenters. The van der Waals surface area contributed by atoms with Crippen LogP contribution < -0.4 is 10.6 Å². The second kappa shape index (κ2) is 7.57. The molecule has 2 aromatic rings. The molecule has 1 aromatic carbocycles. The minimum atomic E-state index is -0.0236. The van der Waals surface area contributed by atoms with Crippen molar-refractivity contribution in [2.75, 3.05) is 26.8 Å². The number of rotatable bonds is 7. The number of pyridine rings is 1. The van der Waals surface area contributed by atoms with Crippen molar-refractivity contribution >= 4 is 16.8 Å². The lowest BCUT2D eigenvalue weighted by atomic mass is 10.1. The molecule has 0 saturated carbocycles. The second-order valence-corrected chi connectivity index (χ2v) is 4.48. The number of carbonyl (C=O) groups excluding carboxylic acids is 1. The number of hydrogen-bond donors (Lipinski definition) is 2. The van der Waals surface area contributed by atoms with Crippen molar-refractivity contribution in [1.29, 1.82) is 0 Å². The number of carbonyl (C=O) groups is 1. The molecule has 1 amide bonds. The largest absolute Gasteiger partial charge is 0.383 e. The Labute approximate surface area is 118 Å². The number of nitrogens with one attached hydrogen (secondary N) is 2. The highest BCUT2D eigenvalue weighted by atomic mass is 16.5. The average Bonchev–Trinajstić information content (AvgIpc) is 2.47. The van der Waals surface area contributed by atoms with E-state index in [2.05, 4.69) is 21.7 Å². The second-order valence-electron chi connectivity index (χ2n) is 4.48. The molecule has 0 bridgehead atoms. The molecule has 0 aliphatic rings. The highest BCUT2D eigenvalue weighted by Gasteiger charge is 2.01. The minimum absolute atomic E-state index is 0.0236. The molecule has 1 aromatic heterocycles. The van der Waals surface area contributed by atoms with E-state index in [9.17, 15) is 4.79 Å². The van der Waals surface area contributed by atoms with Gasteiger partial charge in [-0.05, 0) is 23.8 Å². The van der Waals surface area contributed by atoms with E-state index in [0.29, 0.717) is 26.2 Å². The van der Waals surface area contributed by atoms with Gasteiger partial charge in [-0.2, -0.15) is 0 Å². The Bertz CT molecular complexity index is 572. The number of hydrogen-bond acceptors (Lipinski definition) is 4. The fourth-order valence-electron chi connectivity index (χ4n) is 1.91. The SMILES string of the molecule is COCCNC(=O)CNCc1ccc2ncccc2c1. The van der Waals surface area contributed by atoms with Crippen LogP contribution in [0.4, 0.5) is 0 Å². The quantitative estimate of drug-likeness (QED) is 0.741. The molecule has 106 valence electrons. The van der Waals surface area contributed by atoms with Crippen LogP contribution in [0.3, 0.4) is 0 Å². The highest BCUT2D eigenvalue weighted by molar-refractivity contribution is 5.79. The molecule has 0 aliphatic heterocycles. The van der Waals surface area contributed by atoms with Gasteiger partial charge in [0.25, 0.3) is 0 Å². The van der Waals surface area contributed by atoms with E-state index in [-0.39, 0.29) is 5.91 Å². The van der Waals surface area contributed by atoms with Gasteiger partial charge in [0.2, 0.25) is 5.91 Å². The van der Waals surface area contributed by atoms with Crippen LogP contribution in [0.2, 0.25) is 0 Å². The summed E-state index contributed by atoms with van der Waals surface area (Å²) in [5.74, 6) is -0.0236. The first-order chi connectivity index (χ1) is 9.79. The third-order valence-corrected chi connectivity index (χ3v) is 2.91. The summed E-state index contributed by atoms with van der Waals surface area (Å²) < 4.78 is 4.87. The first-order valence-corrected chi connectivity index (χ1v) is 6.59. The summed E-state index contributed by atoms with van der Waals surface area (Å²) in [4.78, 5) is 15.8. The van der Waals surface area contributed by atoms with E-state index in [4.69, 9.17) is 4.74 Å². The van der Waals surface area contributed by atoms with Gasteiger partial charge in [-0.15, -0.1) is 0 Å². The Kier molecular flexibility index (Phi) is 5.46. The summed E-state index contributed by atoms with van der Waals surface area (Å²) in [5.41, 5.74) is 2.11.